The Morgan fingerprint density at radius 2 is 1.78 bits per heavy atom. The molecule has 1 aromatic carbocycles. The van der Waals surface area contributed by atoms with Gasteiger partial charge in [0.2, 0.25) is 0 Å². The number of unbranched alkanes of at least 4 members (excludes halogenated alkanes) is 2. The first kappa shape index (κ1) is 15.2. The van der Waals surface area contributed by atoms with Crippen molar-refractivity contribution >= 4 is 0 Å². The van der Waals surface area contributed by atoms with Crippen molar-refractivity contribution in [2.75, 3.05) is 34.0 Å². The van der Waals surface area contributed by atoms with Crippen LogP contribution in [0.5, 0.6) is 0 Å². The van der Waals surface area contributed by atoms with Crippen molar-refractivity contribution in [3.05, 3.63) is 35.9 Å². The molecule has 1 atom stereocenters. The number of ether oxygens (including phenoxy) is 2. The molecular weight excluding hydrogens is 226 g/mol. The number of hydrogen-bond donors (Lipinski definition) is 1. The van der Waals surface area contributed by atoms with Crippen LogP contribution in [0.3, 0.4) is 0 Å². The highest BCUT2D eigenvalue weighted by Crippen LogP contribution is 2.12. The molecule has 0 radical (unpaired) electrons. The second-order valence-electron chi connectivity index (χ2n) is 4.43. The van der Waals surface area contributed by atoms with E-state index in [-0.39, 0.29) is 0 Å². The van der Waals surface area contributed by atoms with E-state index in [9.17, 15) is 0 Å². The maximum absolute atomic E-state index is 5.27. The van der Waals surface area contributed by atoms with E-state index in [1.807, 2.05) is 6.07 Å². The summed E-state index contributed by atoms with van der Waals surface area (Å²) in [6, 6.07) is 10.7. The standard InChI is InChI=1S/C15H25NO2/c1-17-12-8-4-7-11-16-15(13-18-2)14-9-5-3-6-10-14/h3,5-6,9-10,15-16H,4,7-8,11-13H2,1-2H3. The normalized spacial score (nSPS) is 12.6. The first-order valence-corrected chi connectivity index (χ1v) is 6.64. The van der Waals surface area contributed by atoms with Gasteiger partial charge in [-0.05, 0) is 31.4 Å². The SMILES string of the molecule is COCCCCCNC(COC)c1ccccc1. The second-order valence-corrected chi connectivity index (χ2v) is 4.43. The van der Waals surface area contributed by atoms with Gasteiger partial charge in [-0.15, -0.1) is 0 Å². The van der Waals surface area contributed by atoms with E-state index in [4.69, 9.17) is 9.47 Å². The molecule has 0 fully saturated rings. The van der Waals surface area contributed by atoms with Gasteiger partial charge in [-0.2, -0.15) is 0 Å². The van der Waals surface area contributed by atoms with Crippen LogP contribution in [0.2, 0.25) is 0 Å². The molecule has 1 rings (SSSR count). The van der Waals surface area contributed by atoms with Gasteiger partial charge in [0, 0.05) is 20.8 Å². The smallest absolute Gasteiger partial charge is 0.0657 e. The summed E-state index contributed by atoms with van der Waals surface area (Å²) in [7, 11) is 3.50. The van der Waals surface area contributed by atoms with Gasteiger partial charge in [0.15, 0.2) is 0 Å². The summed E-state index contributed by atoms with van der Waals surface area (Å²) < 4.78 is 10.3. The molecule has 0 aliphatic carbocycles. The Labute approximate surface area is 110 Å². The first-order valence-electron chi connectivity index (χ1n) is 6.64. The van der Waals surface area contributed by atoms with E-state index >= 15 is 0 Å². The number of benzene rings is 1. The Morgan fingerprint density at radius 1 is 1.00 bits per heavy atom. The Bertz CT molecular complexity index is 290. The molecule has 0 amide bonds. The van der Waals surface area contributed by atoms with Crippen LogP contribution in [-0.2, 0) is 9.47 Å². The summed E-state index contributed by atoms with van der Waals surface area (Å²) in [6.07, 6.45) is 3.52. The minimum Gasteiger partial charge on any atom is -0.385 e. The zero-order valence-electron chi connectivity index (χ0n) is 11.5. The van der Waals surface area contributed by atoms with Gasteiger partial charge in [-0.3, -0.25) is 0 Å². The summed E-state index contributed by atoms with van der Waals surface area (Å²) in [4.78, 5) is 0. The maximum Gasteiger partial charge on any atom is 0.0657 e. The molecule has 3 nitrogen and oxygen atoms in total. The summed E-state index contributed by atoms with van der Waals surface area (Å²) in [5.41, 5.74) is 1.29. The molecule has 0 heterocycles. The van der Waals surface area contributed by atoms with E-state index in [0.717, 1.165) is 19.6 Å². The molecule has 0 saturated heterocycles. The lowest BCUT2D eigenvalue weighted by atomic mass is 10.1. The molecule has 0 aliphatic rings. The van der Waals surface area contributed by atoms with Crippen LogP contribution >= 0.6 is 0 Å². The first-order chi connectivity index (χ1) is 8.88. The Balaban J connectivity index is 2.26. The number of nitrogens with one attached hydrogen (secondary N) is 1. The lowest BCUT2D eigenvalue weighted by Crippen LogP contribution is -2.26. The molecule has 0 saturated carbocycles. The van der Waals surface area contributed by atoms with E-state index < -0.39 is 0 Å². The van der Waals surface area contributed by atoms with Crippen LogP contribution in [0.4, 0.5) is 0 Å². The number of methoxy groups -OCH3 is 2. The van der Waals surface area contributed by atoms with Gasteiger partial charge in [-0.25, -0.2) is 0 Å². The van der Waals surface area contributed by atoms with Gasteiger partial charge in [0.25, 0.3) is 0 Å². The van der Waals surface area contributed by atoms with Gasteiger partial charge in [0.05, 0.1) is 12.6 Å². The minimum absolute atomic E-state index is 0.290. The number of rotatable bonds is 10. The lowest BCUT2D eigenvalue weighted by Gasteiger charge is -2.18. The summed E-state index contributed by atoms with van der Waals surface area (Å²) >= 11 is 0. The van der Waals surface area contributed by atoms with Crippen LogP contribution in [0.15, 0.2) is 30.3 Å². The third-order valence-electron chi connectivity index (χ3n) is 2.95. The zero-order chi connectivity index (χ0) is 13.1. The minimum atomic E-state index is 0.290. The van der Waals surface area contributed by atoms with E-state index in [1.54, 1.807) is 14.2 Å². The van der Waals surface area contributed by atoms with Crippen molar-refractivity contribution in [1.82, 2.24) is 5.32 Å². The van der Waals surface area contributed by atoms with Crippen LogP contribution in [-0.4, -0.2) is 34.0 Å². The van der Waals surface area contributed by atoms with Crippen molar-refractivity contribution < 1.29 is 9.47 Å². The lowest BCUT2D eigenvalue weighted by molar-refractivity contribution is 0.166. The highest BCUT2D eigenvalue weighted by Gasteiger charge is 2.09. The van der Waals surface area contributed by atoms with E-state index in [0.29, 0.717) is 12.6 Å². The molecule has 0 aliphatic heterocycles. The van der Waals surface area contributed by atoms with Gasteiger partial charge >= 0.3 is 0 Å². The highest BCUT2D eigenvalue weighted by atomic mass is 16.5. The molecular formula is C15H25NO2. The summed E-state index contributed by atoms with van der Waals surface area (Å²) in [5.74, 6) is 0. The van der Waals surface area contributed by atoms with Gasteiger partial charge in [-0.1, -0.05) is 30.3 Å². The Hall–Kier alpha value is -0.900. The van der Waals surface area contributed by atoms with Gasteiger partial charge in [0.1, 0.15) is 0 Å². The quantitative estimate of drug-likeness (QED) is 0.649. The van der Waals surface area contributed by atoms with Crippen LogP contribution in [0.25, 0.3) is 0 Å². The predicted molar refractivity (Wildman–Crippen MR) is 74.8 cm³/mol. The van der Waals surface area contributed by atoms with Crippen molar-refractivity contribution in [2.24, 2.45) is 0 Å². The van der Waals surface area contributed by atoms with E-state index in [1.165, 1.54) is 18.4 Å². The molecule has 3 heteroatoms. The van der Waals surface area contributed by atoms with Crippen LogP contribution in [0, 0.1) is 0 Å². The molecule has 0 spiro atoms. The fourth-order valence-electron chi connectivity index (χ4n) is 1.95. The van der Waals surface area contributed by atoms with Crippen LogP contribution in [0.1, 0.15) is 30.9 Å². The number of hydrogen-bond acceptors (Lipinski definition) is 3. The average Bonchev–Trinajstić information content (AvgIpc) is 2.42. The molecule has 0 aromatic heterocycles. The van der Waals surface area contributed by atoms with Gasteiger partial charge < -0.3 is 14.8 Å². The monoisotopic (exact) mass is 251 g/mol. The third kappa shape index (κ3) is 6.15. The van der Waals surface area contributed by atoms with Crippen molar-refractivity contribution in [2.45, 2.75) is 25.3 Å². The summed E-state index contributed by atoms with van der Waals surface area (Å²) in [5, 5.41) is 3.55. The molecule has 1 aromatic rings. The Morgan fingerprint density at radius 3 is 2.44 bits per heavy atom. The molecule has 1 unspecified atom stereocenters. The Kier molecular flexibility index (Phi) is 8.47. The second kappa shape index (κ2) is 10.1. The predicted octanol–water partition coefficient (Wildman–Crippen LogP) is 2.78. The molecule has 18 heavy (non-hydrogen) atoms. The van der Waals surface area contributed by atoms with E-state index in [2.05, 4.69) is 29.6 Å². The topological polar surface area (TPSA) is 30.5 Å². The summed E-state index contributed by atoms with van der Waals surface area (Å²) in [6.45, 7) is 2.59. The van der Waals surface area contributed by atoms with Crippen molar-refractivity contribution in [1.29, 1.82) is 0 Å². The molecule has 102 valence electrons. The third-order valence-corrected chi connectivity index (χ3v) is 2.95. The fraction of sp³-hybridized carbons (Fsp3) is 0.600. The highest BCUT2D eigenvalue weighted by molar-refractivity contribution is 5.18. The average molecular weight is 251 g/mol. The molecule has 1 N–H and O–H groups in total. The zero-order valence-corrected chi connectivity index (χ0v) is 11.5. The fourth-order valence-corrected chi connectivity index (χ4v) is 1.95. The molecule has 0 bridgehead atoms. The van der Waals surface area contributed by atoms with Crippen molar-refractivity contribution in [3.8, 4) is 0 Å². The largest absolute Gasteiger partial charge is 0.385 e. The van der Waals surface area contributed by atoms with Crippen LogP contribution < -0.4 is 5.32 Å². The maximum atomic E-state index is 5.27. The van der Waals surface area contributed by atoms with Crippen molar-refractivity contribution in [3.63, 3.8) is 0 Å².